The van der Waals surface area contributed by atoms with Crippen molar-refractivity contribution in [3.05, 3.63) is 53.3 Å². The number of hydrogen-bond donors (Lipinski definition) is 1. The molecule has 0 aromatic heterocycles. The molecule has 2 aromatic rings. The molecule has 2 aromatic carbocycles. The van der Waals surface area contributed by atoms with Crippen LogP contribution in [0.3, 0.4) is 0 Å². The van der Waals surface area contributed by atoms with Crippen molar-refractivity contribution in [3.8, 4) is 5.75 Å². The Bertz CT molecular complexity index is 821. The van der Waals surface area contributed by atoms with Crippen molar-refractivity contribution < 1.29 is 36.6 Å². The van der Waals surface area contributed by atoms with Crippen LogP contribution in [0.5, 0.6) is 5.75 Å². The number of alkyl halides is 3. The number of hydrogen-bond acceptors (Lipinski definition) is 5. The SMILES string of the molecule is COC(=O)c1cc(OCC(F)(F)F)ccc1Nc1ccc(F)cc1C=O. The van der Waals surface area contributed by atoms with Gasteiger partial charge in [-0.1, -0.05) is 0 Å². The van der Waals surface area contributed by atoms with E-state index in [9.17, 15) is 27.2 Å². The first-order valence-corrected chi connectivity index (χ1v) is 7.17. The van der Waals surface area contributed by atoms with Gasteiger partial charge >= 0.3 is 12.1 Å². The molecule has 9 heteroatoms. The molecule has 2 rings (SSSR count). The zero-order chi connectivity index (χ0) is 19.3. The number of nitrogens with one attached hydrogen (secondary N) is 1. The molecule has 0 amide bonds. The van der Waals surface area contributed by atoms with Gasteiger partial charge in [0.15, 0.2) is 12.9 Å². The molecule has 0 unspecified atom stereocenters. The van der Waals surface area contributed by atoms with E-state index in [1.807, 2.05) is 0 Å². The number of methoxy groups -OCH3 is 1. The van der Waals surface area contributed by atoms with Gasteiger partial charge in [0.05, 0.1) is 18.4 Å². The van der Waals surface area contributed by atoms with Crippen LogP contribution in [0, 0.1) is 5.82 Å². The van der Waals surface area contributed by atoms with E-state index in [2.05, 4.69) is 14.8 Å². The number of rotatable bonds is 6. The standard InChI is InChI=1S/C17H13F4NO4/c1-25-16(24)13-7-12(26-9-17(19,20)21)3-5-15(13)22-14-4-2-11(18)6-10(14)8-23/h2-8,22H,9H2,1H3. The molecular formula is C17H13F4NO4. The minimum atomic E-state index is -4.53. The van der Waals surface area contributed by atoms with E-state index >= 15 is 0 Å². The molecule has 0 aliphatic carbocycles. The van der Waals surface area contributed by atoms with E-state index in [-0.39, 0.29) is 28.3 Å². The van der Waals surface area contributed by atoms with Crippen molar-refractivity contribution in [1.82, 2.24) is 0 Å². The Balaban J connectivity index is 2.36. The van der Waals surface area contributed by atoms with Crippen LogP contribution in [-0.2, 0) is 4.74 Å². The van der Waals surface area contributed by atoms with Gasteiger partial charge in [0, 0.05) is 11.3 Å². The average Bonchev–Trinajstić information content (AvgIpc) is 2.60. The lowest BCUT2D eigenvalue weighted by molar-refractivity contribution is -0.153. The maximum Gasteiger partial charge on any atom is 0.422 e. The van der Waals surface area contributed by atoms with Gasteiger partial charge in [-0.2, -0.15) is 13.2 Å². The lowest BCUT2D eigenvalue weighted by Gasteiger charge is -2.15. The summed E-state index contributed by atoms with van der Waals surface area (Å²) in [6.07, 6.45) is -4.11. The molecule has 0 bridgehead atoms. The van der Waals surface area contributed by atoms with Crippen LogP contribution >= 0.6 is 0 Å². The first-order valence-electron chi connectivity index (χ1n) is 7.17. The summed E-state index contributed by atoms with van der Waals surface area (Å²) in [5.74, 6) is -1.65. The Labute approximate surface area is 145 Å². The van der Waals surface area contributed by atoms with Gasteiger partial charge in [0.2, 0.25) is 0 Å². The number of esters is 1. The molecule has 1 N–H and O–H groups in total. The molecule has 0 atom stereocenters. The second-order valence-electron chi connectivity index (χ2n) is 5.08. The Morgan fingerprint density at radius 3 is 2.46 bits per heavy atom. The van der Waals surface area contributed by atoms with Gasteiger partial charge in [-0.3, -0.25) is 4.79 Å². The van der Waals surface area contributed by atoms with Gasteiger partial charge in [0.25, 0.3) is 0 Å². The van der Waals surface area contributed by atoms with Crippen LogP contribution in [0.2, 0.25) is 0 Å². The summed E-state index contributed by atoms with van der Waals surface area (Å²) in [6, 6.07) is 6.96. The molecule has 0 aliphatic heterocycles. The summed E-state index contributed by atoms with van der Waals surface area (Å²) >= 11 is 0. The maximum absolute atomic E-state index is 13.2. The summed E-state index contributed by atoms with van der Waals surface area (Å²) in [5.41, 5.74) is 0.230. The van der Waals surface area contributed by atoms with E-state index < -0.39 is 24.6 Å². The van der Waals surface area contributed by atoms with Crippen molar-refractivity contribution in [1.29, 1.82) is 0 Å². The maximum atomic E-state index is 13.2. The number of carbonyl (C=O) groups is 2. The minimum absolute atomic E-state index is 0.00165. The molecular weight excluding hydrogens is 358 g/mol. The number of halogens is 4. The Hall–Kier alpha value is -3.10. The third-order valence-electron chi connectivity index (χ3n) is 3.21. The Kier molecular flexibility index (Phi) is 5.81. The minimum Gasteiger partial charge on any atom is -0.484 e. The van der Waals surface area contributed by atoms with Crippen LogP contribution in [0.25, 0.3) is 0 Å². The van der Waals surface area contributed by atoms with Crippen LogP contribution < -0.4 is 10.1 Å². The summed E-state index contributed by atoms with van der Waals surface area (Å²) < 4.78 is 59.2. The second kappa shape index (κ2) is 7.85. The van der Waals surface area contributed by atoms with Crippen LogP contribution in [0.4, 0.5) is 28.9 Å². The first-order chi connectivity index (χ1) is 12.2. The summed E-state index contributed by atoms with van der Waals surface area (Å²) in [7, 11) is 1.10. The molecule has 0 spiro atoms. The van der Waals surface area contributed by atoms with Gasteiger partial charge in [-0.05, 0) is 36.4 Å². The zero-order valence-corrected chi connectivity index (χ0v) is 13.4. The summed E-state index contributed by atoms with van der Waals surface area (Å²) in [6.45, 7) is -1.52. The van der Waals surface area contributed by atoms with Crippen molar-refractivity contribution in [2.75, 3.05) is 19.0 Å². The Morgan fingerprint density at radius 1 is 1.15 bits per heavy atom. The van der Waals surface area contributed by atoms with Gasteiger partial charge in [0.1, 0.15) is 11.6 Å². The normalized spacial score (nSPS) is 11.0. The fourth-order valence-electron chi connectivity index (χ4n) is 2.06. The van der Waals surface area contributed by atoms with E-state index in [1.54, 1.807) is 0 Å². The molecule has 26 heavy (non-hydrogen) atoms. The highest BCUT2D eigenvalue weighted by Crippen LogP contribution is 2.28. The largest absolute Gasteiger partial charge is 0.484 e. The predicted octanol–water partition coefficient (Wildman–Crippen LogP) is 4.11. The average molecular weight is 371 g/mol. The smallest absolute Gasteiger partial charge is 0.422 e. The monoisotopic (exact) mass is 371 g/mol. The molecule has 0 heterocycles. The lowest BCUT2D eigenvalue weighted by Crippen LogP contribution is -2.19. The highest BCUT2D eigenvalue weighted by Gasteiger charge is 2.28. The van der Waals surface area contributed by atoms with Crippen LogP contribution in [0.15, 0.2) is 36.4 Å². The van der Waals surface area contributed by atoms with Gasteiger partial charge in [-0.15, -0.1) is 0 Å². The molecule has 5 nitrogen and oxygen atoms in total. The second-order valence-corrected chi connectivity index (χ2v) is 5.08. The van der Waals surface area contributed by atoms with Gasteiger partial charge in [-0.25, -0.2) is 9.18 Å². The number of aldehydes is 1. The zero-order valence-electron chi connectivity index (χ0n) is 13.4. The third kappa shape index (κ3) is 4.95. The lowest BCUT2D eigenvalue weighted by atomic mass is 10.1. The summed E-state index contributed by atoms with van der Waals surface area (Å²) in [4.78, 5) is 23.0. The van der Waals surface area contributed by atoms with Crippen molar-refractivity contribution >= 4 is 23.6 Å². The van der Waals surface area contributed by atoms with E-state index in [1.165, 1.54) is 18.2 Å². The number of benzene rings is 2. The van der Waals surface area contributed by atoms with Crippen LogP contribution in [-0.4, -0.2) is 32.1 Å². The van der Waals surface area contributed by atoms with Crippen molar-refractivity contribution in [2.45, 2.75) is 6.18 Å². The molecule has 138 valence electrons. The number of carbonyl (C=O) groups excluding carboxylic acids is 2. The quantitative estimate of drug-likeness (QED) is 0.470. The highest BCUT2D eigenvalue weighted by atomic mass is 19.4. The fourth-order valence-corrected chi connectivity index (χ4v) is 2.06. The topological polar surface area (TPSA) is 64.6 Å². The summed E-state index contributed by atoms with van der Waals surface area (Å²) in [5, 5.41) is 2.76. The fraction of sp³-hybridized carbons (Fsp3) is 0.176. The highest BCUT2D eigenvalue weighted by molar-refractivity contribution is 5.98. The molecule has 0 saturated carbocycles. The molecule has 0 fully saturated rings. The Morgan fingerprint density at radius 2 is 1.85 bits per heavy atom. The first kappa shape index (κ1) is 19.2. The number of ether oxygens (including phenoxy) is 2. The van der Waals surface area contributed by atoms with Crippen molar-refractivity contribution in [3.63, 3.8) is 0 Å². The van der Waals surface area contributed by atoms with Crippen molar-refractivity contribution in [2.24, 2.45) is 0 Å². The van der Waals surface area contributed by atoms with E-state index in [0.717, 1.165) is 25.3 Å². The predicted molar refractivity (Wildman–Crippen MR) is 84.4 cm³/mol. The molecule has 0 aliphatic rings. The van der Waals surface area contributed by atoms with Gasteiger partial charge < -0.3 is 14.8 Å². The molecule has 0 saturated heterocycles. The van der Waals surface area contributed by atoms with Crippen LogP contribution in [0.1, 0.15) is 20.7 Å². The third-order valence-corrected chi connectivity index (χ3v) is 3.21. The molecule has 0 radical (unpaired) electrons. The van der Waals surface area contributed by atoms with E-state index in [4.69, 9.17) is 0 Å². The number of anilines is 2. The van der Waals surface area contributed by atoms with E-state index in [0.29, 0.717) is 6.29 Å².